The third-order valence-electron chi connectivity index (χ3n) is 3.00. The molecule has 1 saturated carbocycles. The van der Waals surface area contributed by atoms with Gasteiger partial charge in [0.1, 0.15) is 0 Å². The van der Waals surface area contributed by atoms with Gasteiger partial charge >= 0.3 is 5.69 Å². The summed E-state index contributed by atoms with van der Waals surface area (Å²) in [7, 11) is 0. The number of nitrogens with one attached hydrogen (secondary N) is 2. The number of hydrogen-bond acceptors (Lipinski definition) is 3. The van der Waals surface area contributed by atoms with Crippen molar-refractivity contribution in [2.24, 2.45) is 5.73 Å². The molecule has 5 nitrogen and oxygen atoms in total. The monoisotopic (exact) mass is 209 g/mol. The molecule has 1 aromatic rings. The average Bonchev–Trinajstić information content (AvgIpc) is 2.16. The summed E-state index contributed by atoms with van der Waals surface area (Å²) < 4.78 is 0. The molecule has 1 aromatic heterocycles. The minimum atomic E-state index is -0.449. The van der Waals surface area contributed by atoms with E-state index in [1.54, 1.807) is 0 Å². The molecule has 0 amide bonds. The Balaban J connectivity index is 2.35. The van der Waals surface area contributed by atoms with Crippen LogP contribution < -0.4 is 17.0 Å². The Bertz CT molecular complexity index is 420. The molecule has 1 fully saturated rings. The number of hydrogen-bond donors (Lipinski definition) is 3. The van der Waals surface area contributed by atoms with Crippen LogP contribution in [0, 0.1) is 0 Å². The third kappa shape index (κ3) is 2.18. The second-order valence-corrected chi connectivity index (χ2v) is 4.10. The van der Waals surface area contributed by atoms with Gasteiger partial charge < -0.3 is 10.7 Å². The van der Waals surface area contributed by atoms with Crippen LogP contribution in [-0.2, 0) is 0 Å². The SMILES string of the molecule is NC1CCCCC1c1cc(=O)[nH]c(=O)[nH]1. The Labute approximate surface area is 86.7 Å². The van der Waals surface area contributed by atoms with Gasteiger partial charge in [-0.25, -0.2) is 4.79 Å². The van der Waals surface area contributed by atoms with E-state index in [1.807, 2.05) is 0 Å². The van der Waals surface area contributed by atoms with E-state index in [4.69, 9.17) is 5.73 Å². The Morgan fingerprint density at radius 1 is 1.20 bits per heavy atom. The molecule has 82 valence electrons. The van der Waals surface area contributed by atoms with E-state index in [9.17, 15) is 9.59 Å². The summed E-state index contributed by atoms with van der Waals surface area (Å²) in [6, 6.07) is 1.49. The van der Waals surface area contributed by atoms with Crippen LogP contribution in [0.1, 0.15) is 37.3 Å². The predicted molar refractivity (Wildman–Crippen MR) is 56.9 cm³/mol. The summed E-state index contributed by atoms with van der Waals surface area (Å²) in [5.41, 5.74) is 5.85. The highest BCUT2D eigenvalue weighted by atomic mass is 16.2. The molecule has 2 atom stereocenters. The Morgan fingerprint density at radius 2 is 1.93 bits per heavy atom. The van der Waals surface area contributed by atoms with Crippen molar-refractivity contribution in [1.82, 2.24) is 9.97 Å². The number of aromatic amines is 2. The first-order valence-corrected chi connectivity index (χ1v) is 5.26. The fourth-order valence-corrected chi connectivity index (χ4v) is 2.23. The summed E-state index contributed by atoms with van der Waals surface area (Å²) in [6.45, 7) is 0. The molecule has 0 radical (unpaired) electrons. The van der Waals surface area contributed by atoms with E-state index in [-0.39, 0.29) is 17.5 Å². The van der Waals surface area contributed by atoms with Gasteiger partial charge in [0.05, 0.1) is 0 Å². The molecule has 0 bridgehead atoms. The Morgan fingerprint density at radius 3 is 2.60 bits per heavy atom. The quantitative estimate of drug-likeness (QED) is 0.610. The molecule has 0 saturated heterocycles. The number of rotatable bonds is 1. The van der Waals surface area contributed by atoms with Crippen LogP contribution in [0.2, 0.25) is 0 Å². The van der Waals surface area contributed by atoms with Gasteiger partial charge in [-0.3, -0.25) is 9.78 Å². The van der Waals surface area contributed by atoms with E-state index >= 15 is 0 Å². The minimum absolute atomic E-state index is 0.0520. The van der Waals surface area contributed by atoms with Crippen molar-refractivity contribution in [2.75, 3.05) is 0 Å². The lowest BCUT2D eigenvalue weighted by atomic mass is 9.83. The van der Waals surface area contributed by atoms with Gasteiger partial charge in [0.25, 0.3) is 5.56 Å². The highest BCUT2D eigenvalue weighted by molar-refractivity contribution is 5.10. The van der Waals surface area contributed by atoms with Crippen LogP contribution >= 0.6 is 0 Å². The van der Waals surface area contributed by atoms with Gasteiger partial charge in [0.15, 0.2) is 0 Å². The highest BCUT2D eigenvalue weighted by Crippen LogP contribution is 2.29. The van der Waals surface area contributed by atoms with E-state index in [1.165, 1.54) is 6.07 Å². The minimum Gasteiger partial charge on any atom is -0.327 e. The van der Waals surface area contributed by atoms with E-state index in [0.29, 0.717) is 5.69 Å². The Hall–Kier alpha value is -1.36. The van der Waals surface area contributed by atoms with Crippen molar-refractivity contribution in [3.8, 4) is 0 Å². The van der Waals surface area contributed by atoms with Gasteiger partial charge in [0.2, 0.25) is 0 Å². The van der Waals surface area contributed by atoms with Crippen molar-refractivity contribution >= 4 is 0 Å². The smallest absolute Gasteiger partial charge is 0.325 e. The summed E-state index contributed by atoms with van der Waals surface area (Å²) in [4.78, 5) is 27.1. The predicted octanol–water partition coefficient (Wildman–Crippen LogP) is 0.0481. The van der Waals surface area contributed by atoms with Crippen LogP contribution in [0.3, 0.4) is 0 Å². The highest BCUT2D eigenvalue weighted by Gasteiger charge is 2.24. The first-order valence-electron chi connectivity index (χ1n) is 5.26. The molecule has 1 aliphatic carbocycles. The van der Waals surface area contributed by atoms with Crippen molar-refractivity contribution in [1.29, 1.82) is 0 Å². The molecule has 4 N–H and O–H groups in total. The molecule has 2 unspecified atom stereocenters. The number of nitrogens with two attached hydrogens (primary N) is 1. The van der Waals surface area contributed by atoms with E-state index < -0.39 is 5.69 Å². The number of aromatic nitrogens is 2. The topological polar surface area (TPSA) is 91.7 Å². The average molecular weight is 209 g/mol. The molecule has 5 heteroatoms. The van der Waals surface area contributed by atoms with Gasteiger partial charge in [0, 0.05) is 23.7 Å². The first-order chi connectivity index (χ1) is 7.16. The second-order valence-electron chi connectivity index (χ2n) is 4.10. The molecular formula is C10H15N3O2. The van der Waals surface area contributed by atoms with E-state index in [0.717, 1.165) is 25.7 Å². The Kier molecular flexibility index (Phi) is 2.73. The van der Waals surface area contributed by atoms with Crippen molar-refractivity contribution < 1.29 is 0 Å². The lowest BCUT2D eigenvalue weighted by molar-refractivity contribution is 0.378. The molecule has 0 spiro atoms. The van der Waals surface area contributed by atoms with Gasteiger partial charge in [-0.15, -0.1) is 0 Å². The summed E-state index contributed by atoms with van der Waals surface area (Å²) >= 11 is 0. The maximum atomic E-state index is 11.1. The molecular weight excluding hydrogens is 194 g/mol. The normalized spacial score (nSPS) is 26.5. The lowest BCUT2D eigenvalue weighted by Gasteiger charge is -2.28. The van der Waals surface area contributed by atoms with Crippen molar-refractivity contribution in [2.45, 2.75) is 37.6 Å². The zero-order valence-electron chi connectivity index (χ0n) is 8.45. The summed E-state index contributed by atoms with van der Waals surface area (Å²) in [6.07, 6.45) is 4.14. The molecule has 2 rings (SSSR count). The van der Waals surface area contributed by atoms with Crippen LogP contribution in [0.5, 0.6) is 0 Å². The molecule has 15 heavy (non-hydrogen) atoms. The van der Waals surface area contributed by atoms with Gasteiger partial charge in [-0.1, -0.05) is 12.8 Å². The van der Waals surface area contributed by atoms with Crippen molar-refractivity contribution in [3.05, 3.63) is 32.6 Å². The largest absolute Gasteiger partial charge is 0.327 e. The maximum Gasteiger partial charge on any atom is 0.325 e. The summed E-state index contributed by atoms with van der Waals surface area (Å²) in [5.74, 6) is 0.119. The van der Waals surface area contributed by atoms with Crippen LogP contribution in [-0.4, -0.2) is 16.0 Å². The van der Waals surface area contributed by atoms with Crippen LogP contribution in [0.25, 0.3) is 0 Å². The van der Waals surface area contributed by atoms with Gasteiger partial charge in [-0.2, -0.15) is 0 Å². The van der Waals surface area contributed by atoms with Crippen LogP contribution in [0.15, 0.2) is 15.7 Å². The fourth-order valence-electron chi connectivity index (χ4n) is 2.23. The zero-order valence-corrected chi connectivity index (χ0v) is 8.45. The molecule has 1 heterocycles. The first kappa shape index (κ1) is 10.2. The third-order valence-corrected chi connectivity index (χ3v) is 3.00. The lowest BCUT2D eigenvalue weighted by Crippen LogP contribution is -2.34. The number of H-pyrrole nitrogens is 2. The van der Waals surface area contributed by atoms with E-state index in [2.05, 4.69) is 9.97 Å². The standard InChI is InChI=1S/C10H15N3O2/c11-7-4-2-1-3-6(7)8-5-9(14)13-10(15)12-8/h5-7H,1-4,11H2,(H2,12,13,14,15). The maximum absolute atomic E-state index is 11.1. The van der Waals surface area contributed by atoms with Gasteiger partial charge in [-0.05, 0) is 12.8 Å². The van der Waals surface area contributed by atoms with Crippen LogP contribution in [0.4, 0.5) is 0 Å². The summed E-state index contributed by atoms with van der Waals surface area (Å²) in [5, 5.41) is 0. The fraction of sp³-hybridized carbons (Fsp3) is 0.600. The molecule has 0 aromatic carbocycles. The molecule has 0 aliphatic heterocycles. The van der Waals surface area contributed by atoms with Crippen molar-refractivity contribution in [3.63, 3.8) is 0 Å². The molecule has 1 aliphatic rings. The second kappa shape index (κ2) is 4.02. The zero-order chi connectivity index (χ0) is 10.8.